The monoisotopic (exact) mass is 949 g/mol. The topological polar surface area (TPSA) is 139 Å². The minimum Gasteiger partial charge on any atom is -0.550 e. The second-order valence-corrected chi connectivity index (χ2v) is 16.4. The van der Waals surface area contributed by atoms with Crippen molar-refractivity contribution in [1.82, 2.24) is 0 Å². The van der Waals surface area contributed by atoms with Crippen LogP contribution in [0.1, 0.15) is 205 Å². The number of hydrogen-bond donors (Lipinski definition) is 2. The third kappa shape index (κ3) is 38.2. The zero-order chi connectivity index (χ0) is 42.3. The van der Waals surface area contributed by atoms with Gasteiger partial charge in [0.25, 0.3) is 0 Å². The molecule has 0 radical (unpaired) electrons. The van der Waals surface area contributed by atoms with Gasteiger partial charge in [0, 0.05) is 11.9 Å². The SMILES string of the molecule is CCCCCCC(CCCCC(O)CCCCCC(=O)[O-])OCc1ccccc1.CCCCCCC(CCCCC(O)CCCCCC(=O)[O-])OCc1ccccc1.[Ba+2]. The predicted molar refractivity (Wildman–Crippen MR) is 238 cm³/mol. The van der Waals surface area contributed by atoms with Gasteiger partial charge in [0.05, 0.1) is 37.6 Å². The van der Waals surface area contributed by atoms with E-state index in [0.29, 0.717) is 38.3 Å². The van der Waals surface area contributed by atoms with E-state index in [1.165, 1.54) is 62.5 Å². The van der Waals surface area contributed by atoms with Crippen LogP contribution in [0.25, 0.3) is 0 Å². The summed E-state index contributed by atoms with van der Waals surface area (Å²) in [6.07, 6.45) is 26.8. The molecule has 2 N–H and O–H groups in total. The summed E-state index contributed by atoms with van der Waals surface area (Å²) in [6, 6.07) is 20.7. The summed E-state index contributed by atoms with van der Waals surface area (Å²) >= 11 is 0. The van der Waals surface area contributed by atoms with E-state index in [2.05, 4.69) is 62.4 Å². The van der Waals surface area contributed by atoms with Gasteiger partial charge in [-0.1, -0.05) is 177 Å². The molecule has 2 aromatic carbocycles. The van der Waals surface area contributed by atoms with Crippen LogP contribution in [0.2, 0.25) is 0 Å². The molecular formula is C50H82BaO8. The van der Waals surface area contributed by atoms with Crippen molar-refractivity contribution >= 4 is 60.8 Å². The van der Waals surface area contributed by atoms with Gasteiger partial charge in [-0.2, -0.15) is 0 Å². The van der Waals surface area contributed by atoms with Crippen LogP contribution in [0.3, 0.4) is 0 Å². The standard InChI is InChI=1S/2C25H42O4.Ba/c2*1-2-3-4-10-18-24(29-21-22-14-7-5-8-15-22)19-13-12-17-23(26)16-9-6-11-20-25(27)28;/h2*5,7-8,14-15,23-24,26H,2-4,6,9-13,16-21H2,1H3,(H,27,28);/q;;+2/p-2. The molecule has 59 heavy (non-hydrogen) atoms. The zero-order valence-corrected chi connectivity index (χ0v) is 41.8. The second kappa shape index (κ2) is 42.1. The number of carbonyl (C=O) groups excluding carboxylic acids is 2. The molecule has 2 rings (SSSR count). The number of aliphatic carboxylic acids is 2. The fourth-order valence-electron chi connectivity index (χ4n) is 7.24. The molecule has 0 saturated heterocycles. The number of carbonyl (C=O) groups is 2. The number of unbranched alkanes of at least 4 members (excludes halogenated alkanes) is 12. The molecule has 8 nitrogen and oxygen atoms in total. The van der Waals surface area contributed by atoms with Crippen molar-refractivity contribution in [2.45, 2.75) is 231 Å². The summed E-state index contributed by atoms with van der Waals surface area (Å²) in [5.41, 5.74) is 2.44. The van der Waals surface area contributed by atoms with E-state index in [0.717, 1.165) is 103 Å². The maximum Gasteiger partial charge on any atom is 2.00 e. The van der Waals surface area contributed by atoms with Crippen LogP contribution in [0.15, 0.2) is 60.7 Å². The van der Waals surface area contributed by atoms with E-state index in [1.54, 1.807) is 0 Å². The first-order chi connectivity index (χ1) is 28.2. The van der Waals surface area contributed by atoms with E-state index >= 15 is 0 Å². The minimum atomic E-state index is -0.982. The van der Waals surface area contributed by atoms with E-state index < -0.39 is 11.9 Å². The molecule has 0 spiro atoms. The van der Waals surface area contributed by atoms with Crippen molar-refractivity contribution in [3.63, 3.8) is 0 Å². The van der Waals surface area contributed by atoms with Gasteiger partial charge < -0.3 is 39.5 Å². The predicted octanol–water partition coefficient (Wildman–Crippen LogP) is 9.95. The average molecular weight is 949 g/mol. The molecule has 0 aromatic heterocycles. The molecule has 4 atom stereocenters. The Balaban J connectivity index is 0.00000112. The van der Waals surface area contributed by atoms with Crippen molar-refractivity contribution in [2.24, 2.45) is 0 Å². The summed E-state index contributed by atoms with van der Waals surface area (Å²) in [5, 5.41) is 41.0. The van der Waals surface area contributed by atoms with Gasteiger partial charge in [0.15, 0.2) is 0 Å². The summed E-state index contributed by atoms with van der Waals surface area (Å²) in [7, 11) is 0. The second-order valence-electron chi connectivity index (χ2n) is 16.4. The summed E-state index contributed by atoms with van der Waals surface area (Å²) in [6.45, 7) is 5.82. The first kappa shape index (κ1) is 57.8. The van der Waals surface area contributed by atoms with Crippen molar-refractivity contribution in [2.75, 3.05) is 0 Å². The molecule has 0 aliphatic rings. The molecule has 0 amide bonds. The molecule has 4 unspecified atom stereocenters. The Hall–Kier alpha value is -1.21. The van der Waals surface area contributed by atoms with Crippen molar-refractivity contribution < 1.29 is 39.5 Å². The Bertz CT molecular complexity index is 1110. The van der Waals surface area contributed by atoms with E-state index in [9.17, 15) is 30.0 Å². The smallest absolute Gasteiger partial charge is 0.550 e. The quantitative estimate of drug-likeness (QED) is 0.0501. The molecule has 0 bridgehead atoms. The summed E-state index contributed by atoms with van der Waals surface area (Å²) < 4.78 is 12.4. The molecule has 332 valence electrons. The first-order valence-electron chi connectivity index (χ1n) is 23.3. The maximum absolute atomic E-state index is 10.4. The zero-order valence-electron chi connectivity index (χ0n) is 37.3. The van der Waals surface area contributed by atoms with Crippen molar-refractivity contribution in [1.29, 1.82) is 0 Å². The van der Waals surface area contributed by atoms with Gasteiger partial charge >= 0.3 is 48.9 Å². The first-order valence-corrected chi connectivity index (χ1v) is 23.3. The molecule has 0 saturated carbocycles. The van der Waals surface area contributed by atoms with Gasteiger partial charge in [-0.25, -0.2) is 0 Å². The maximum atomic E-state index is 10.4. The third-order valence-corrected chi connectivity index (χ3v) is 10.9. The number of benzene rings is 2. The van der Waals surface area contributed by atoms with Crippen molar-refractivity contribution in [3.05, 3.63) is 71.8 Å². The van der Waals surface area contributed by atoms with Crippen molar-refractivity contribution in [3.8, 4) is 0 Å². The van der Waals surface area contributed by atoms with E-state index in [-0.39, 0.29) is 73.9 Å². The molecule has 0 aliphatic heterocycles. The van der Waals surface area contributed by atoms with Crippen LogP contribution in [-0.4, -0.2) is 95.4 Å². The number of ether oxygens (including phenoxy) is 2. The number of carboxylic acid groups (broad SMARTS) is 2. The van der Waals surface area contributed by atoms with Crippen LogP contribution < -0.4 is 10.2 Å². The normalized spacial score (nSPS) is 13.1. The molecular weight excluding hydrogens is 866 g/mol. The number of hydrogen-bond acceptors (Lipinski definition) is 8. The van der Waals surface area contributed by atoms with Crippen LogP contribution >= 0.6 is 0 Å². The summed E-state index contributed by atoms with van der Waals surface area (Å²) in [5.74, 6) is -1.96. The molecule has 2 aromatic rings. The van der Waals surface area contributed by atoms with Gasteiger partial charge in [0.2, 0.25) is 0 Å². The fraction of sp³-hybridized carbons (Fsp3) is 0.720. The minimum absolute atomic E-state index is 0. The number of rotatable bonds is 38. The Labute approximate surface area is 400 Å². The van der Waals surface area contributed by atoms with Crippen LogP contribution in [0.5, 0.6) is 0 Å². The Kier molecular flexibility index (Phi) is 41.2. The largest absolute Gasteiger partial charge is 2.00 e. The Morgan fingerprint density at radius 2 is 0.746 bits per heavy atom. The molecule has 0 aliphatic carbocycles. The number of carboxylic acids is 2. The van der Waals surface area contributed by atoms with Gasteiger partial charge in [-0.3, -0.25) is 0 Å². The molecule has 0 heterocycles. The fourth-order valence-corrected chi connectivity index (χ4v) is 7.24. The number of aliphatic hydroxyl groups is 2. The van der Waals surface area contributed by atoms with Gasteiger partial charge in [0.1, 0.15) is 0 Å². The van der Waals surface area contributed by atoms with Crippen LogP contribution in [0.4, 0.5) is 0 Å². The Morgan fingerprint density at radius 3 is 1.07 bits per heavy atom. The Morgan fingerprint density at radius 1 is 0.458 bits per heavy atom. The van der Waals surface area contributed by atoms with E-state index in [4.69, 9.17) is 9.47 Å². The average Bonchev–Trinajstić information content (AvgIpc) is 3.22. The molecule has 0 fully saturated rings. The number of aliphatic hydroxyl groups excluding tert-OH is 2. The molecule has 9 heteroatoms. The third-order valence-electron chi connectivity index (χ3n) is 10.9. The van der Waals surface area contributed by atoms with E-state index in [1.807, 2.05) is 12.1 Å². The summed E-state index contributed by atoms with van der Waals surface area (Å²) in [4.78, 5) is 20.8. The van der Waals surface area contributed by atoms with Gasteiger partial charge in [-0.15, -0.1) is 0 Å². The van der Waals surface area contributed by atoms with Crippen LogP contribution in [0, 0.1) is 0 Å². The van der Waals surface area contributed by atoms with Gasteiger partial charge in [-0.05, 0) is 88.2 Å². The van der Waals surface area contributed by atoms with Crippen LogP contribution in [-0.2, 0) is 32.3 Å².